The Morgan fingerprint density at radius 1 is 1.57 bits per heavy atom. The molecule has 2 rings (SSSR count). The van der Waals surface area contributed by atoms with Crippen LogP contribution in [0.25, 0.3) is 11.0 Å². The standard InChI is InChI=1S/C9H7BrN2O2/c1-14-7-4-5-8(12-9(7)10)6(13)2-3-11-5/h2-4H,1H3,(H,11,13). The van der Waals surface area contributed by atoms with Crippen LogP contribution in [0.3, 0.4) is 0 Å². The molecule has 0 aromatic carbocycles. The number of rotatable bonds is 1. The van der Waals surface area contributed by atoms with E-state index in [9.17, 15) is 4.79 Å². The van der Waals surface area contributed by atoms with Crippen LogP contribution in [0.2, 0.25) is 0 Å². The van der Waals surface area contributed by atoms with E-state index in [0.717, 1.165) is 0 Å². The lowest BCUT2D eigenvalue weighted by Gasteiger charge is -2.03. The number of aromatic nitrogens is 2. The summed E-state index contributed by atoms with van der Waals surface area (Å²) < 4.78 is 5.59. The average molecular weight is 255 g/mol. The van der Waals surface area contributed by atoms with Gasteiger partial charge in [0.1, 0.15) is 10.1 Å². The van der Waals surface area contributed by atoms with Crippen molar-refractivity contribution in [3.05, 3.63) is 33.2 Å². The largest absolute Gasteiger partial charge is 0.494 e. The zero-order chi connectivity index (χ0) is 10.1. The Morgan fingerprint density at radius 3 is 3.07 bits per heavy atom. The molecule has 0 saturated heterocycles. The molecule has 0 aliphatic carbocycles. The number of ether oxygens (including phenoxy) is 1. The van der Waals surface area contributed by atoms with Gasteiger partial charge in [-0.15, -0.1) is 0 Å². The summed E-state index contributed by atoms with van der Waals surface area (Å²) in [5.41, 5.74) is 0.958. The third-order valence-corrected chi connectivity index (χ3v) is 2.44. The van der Waals surface area contributed by atoms with Crippen molar-refractivity contribution in [3.63, 3.8) is 0 Å². The van der Waals surface area contributed by atoms with Gasteiger partial charge >= 0.3 is 0 Å². The van der Waals surface area contributed by atoms with Crippen molar-refractivity contribution < 1.29 is 4.74 Å². The second-order valence-corrected chi connectivity index (χ2v) is 3.47. The molecule has 0 atom stereocenters. The van der Waals surface area contributed by atoms with Gasteiger partial charge in [-0.25, -0.2) is 4.98 Å². The lowest BCUT2D eigenvalue weighted by atomic mass is 10.3. The molecular weight excluding hydrogens is 248 g/mol. The third-order valence-electron chi connectivity index (χ3n) is 1.87. The fraction of sp³-hybridized carbons (Fsp3) is 0.111. The smallest absolute Gasteiger partial charge is 0.207 e. The van der Waals surface area contributed by atoms with Gasteiger partial charge in [-0.3, -0.25) is 4.79 Å². The van der Waals surface area contributed by atoms with E-state index in [0.29, 0.717) is 21.4 Å². The lowest BCUT2D eigenvalue weighted by Crippen LogP contribution is -2.03. The summed E-state index contributed by atoms with van der Waals surface area (Å²) in [7, 11) is 1.55. The molecule has 72 valence electrons. The maximum absolute atomic E-state index is 11.4. The van der Waals surface area contributed by atoms with Gasteiger partial charge < -0.3 is 9.72 Å². The maximum Gasteiger partial charge on any atom is 0.207 e. The topological polar surface area (TPSA) is 55.0 Å². The van der Waals surface area contributed by atoms with Gasteiger partial charge in [0.15, 0.2) is 5.75 Å². The van der Waals surface area contributed by atoms with Gasteiger partial charge in [0.05, 0.1) is 12.6 Å². The Hall–Kier alpha value is -1.36. The number of hydrogen-bond donors (Lipinski definition) is 1. The molecule has 0 unspecified atom stereocenters. The highest BCUT2D eigenvalue weighted by Crippen LogP contribution is 2.24. The van der Waals surface area contributed by atoms with E-state index in [-0.39, 0.29) is 5.43 Å². The molecule has 0 amide bonds. The molecule has 4 nitrogen and oxygen atoms in total. The molecule has 0 bridgehead atoms. The first-order chi connectivity index (χ1) is 6.72. The number of H-pyrrole nitrogens is 1. The van der Waals surface area contributed by atoms with E-state index < -0.39 is 0 Å². The molecule has 1 N–H and O–H groups in total. The quantitative estimate of drug-likeness (QED) is 0.789. The van der Waals surface area contributed by atoms with E-state index in [1.807, 2.05) is 0 Å². The van der Waals surface area contributed by atoms with Crippen molar-refractivity contribution in [1.29, 1.82) is 0 Å². The fourth-order valence-electron chi connectivity index (χ4n) is 1.20. The third kappa shape index (κ3) is 1.39. The predicted octanol–water partition coefficient (Wildman–Crippen LogP) is 1.69. The first-order valence-electron chi connectivity index (χ1n) is 3.94. The van der Waals surface area contributed by atoms with Crippen LogP contribution in [0.1, 0.15) is 0 Å². The van der Waals surface area contributed by atoms with Crippen LogP contribution in [0.5, 0.6) is 5.75 Å². The van der Waals surface area contributed by atoms with Crippen LogP contribution in [0, 0.1) is 0 Å². The summed E-state index contributed by atoms with van der Waals surface area (Å²) in [4.78, 5) is 18.4. The summed E-state index contributed by atoms with van der Waals surface area (Å²) in [6.07, 6.45) is 1.58. The first kappa shape index (κ1) is 9.21. The van der Waals surface area contributed by atoms with E-state index in [4.69, 9.17) is 4.74 Å². The molecule has 0 spiro atoms. The summed E-state index contributed by atoms with van der Waals surface area (Å²) in [6, 6.07) is 3.17. The number of halogens is 1. The molecule has 0 radical (unpaired) electrons. The highest BCUT2D eigenvalue weighted by Gasteiger charge is 2.06. The summed E-state index contributed by atoms with van der Waals surface area (Å²) >= 11 is 3.22. The average Bonchev–Trinajstić information content (AvgIpc) is 2.19. The second kappa shape index (κ2) is 3.42. The number of pyridine rings is 2. The van der Waals surface area contributed by atoms with E-state index in [1.165, 1.54) is 6.07 Å². The second-order valence-electron chi connectivity index (χ2n) is 2.72. The van der Waals surface area contributed by atoms with Crippen molar-refractivity contribution >= 4 is 27.0 Å². The van der Waals surface area contributed by atoms with Crippen molar-refractivity contribution in [2.75, 3.05) is 7.11 Å². The molecule has 0 saturated carbocycles. The number of methoxy groups -OCH3 is 1. The Morgan fingerprint density at radius 2 is 2.36 bits per heavy atom. The summed E-state index contributed by atoms with van der Waals surface area (Å²) in [6.45, 7) is 0. The molecule has 2 aromatic heterocycles. The van der Waals surface area contributed by atoms with Crippen LogP contribution in [-0.4, -0.2) is 17.1 Å². The predicted molar refractivity (Wildman–Crippen MR) is 56.6 cm³/mol. The molecule has 0 aliphatic heterocycles. The minimum absolute atomic E-state index is 0.109. The molecule has 0 aliphatic rings. The molecule has 0 fully saturated rings. The van der Waals surface area contributed by atoms with Crippen LogP contribution in [-0.2, 0) is 0 Å². The summed E-state index contributed by atoms with van der Waals surface area (Å²) in [5.74, 6) is 0.597. The molecule has 2 heterocycles. The normalized spacial score (nSPS) is 10.4. The first-order valence-corrected chi connectivity index (χ1v) is 4.73. The monoisotopic (exact) mass is 254 g/mol. The zero-order valence-electron chi connectivity index (χ0n) is 7.37. The Kier molecular flexibility index (Phi) is 2.25. The fourth-order valence-corrected chi connectivity index (χ4v) is 1.65. The van der Waals surface area contributed by atoms with Crippen molar-refractivity contribution in [3.8, 4) is 5.75 Å². The van der Waals surface area contributed by atoms with Crippen molar-refractivity contribution in [1.82, 2.24) is 9.97 Å². The SMILES string of the molecule is COc1cc2[nH]ccc(=O)c2nc1Br. The lowest BCUT2D eigenvalue weighted by molar-refractivity contribution is 0.410. The highest BCUT2D eigenvalue weighted by molar-refractivity contribution is 9.10. The minimum atomic E-state index is -0.109. The van der Waals surface area contributed by atoms with Gasteiger partial charge in [-0.1, -0.05) is 0 Å². The van der Waals surface area contributed by atoms with Gasteiger partial charge in [0.2, 0.25) is 5.43 Å². The van der Waals surface area contributed by atoms with Gasteiger partial charge in [-0.2, -0.15) is 0 Å². The van der Waals surface area contributed by atoms with Gasteiger partial charge in [-0.05, 0) is 15.9 Å². The molecule has 2 aromatic rings. The summed E-state index contributed by atoms with van der Waals surface area (Å²) in [5, 5.41) is 0. The van der Waals surface area contributed by atoms with E-state index in [1.54, 1.807) is 19.4 Å². The number of hydrogen-bond acceptors (Lipinski definition) is 3. The van der Waals surface area contributed by atoms with Crippen LogP contribution < -0.4 is 10.2 Å². The molecule has 5 heteroatoms. The Bertz CT molecular complexity index is 536. The van der Waals surface area contributed by atoms with E-state index >= 15 is 0 Å². The molecular formula is C9H7BrN2O2. The highest BCUT2D eigenvalue weighted by atomic mass is 79.9. The van der Waals surface area contributed by atoms with Gasteiger partial charge in [0.25, 0.3) is 0 Å². The van der Waals surface area contributed by atoms with Crippen LogP contribution in [0.4, 0.5) is 0 Å². The molecule has 14 heavy (non-hydrogen) atoms. The Balaban J connectivity index is 2.86. The van der Waals surface area contributed by atoms with Crippen LogP contribution >= 0.6 is 15.9 Å². The Labute approximate surface area is 88.1 Å². The van der Waals surface area contributed by atoms with Gasteiger partial charge in [0, 0.05) is 18.3 Å². The number of fused-ring (bicyclic) bond motifs is 1. The van der Waals surface area contributed by atoms with Crippen molar-refractivity contribution in [2.45, 2.75) is 0 Å². The number of nitrogens with zero attached hydrogens (tertiary/aromatic N) is 1. The maximum atomic E-state index is 11.4. The zero-order valence-corrected chi connectivity index (χ0v) is 8.96. The van der Waals surface area contributed by atoms with Crippen LogP contribution in [0.15, 0.2) is 27.7 Å². The van der Waals surface area contributed by atoms with E-state index in [2.05, 4.69) is 25.9 Å². The van der Waals surface area contributed by atoms with Crippen molar-refractivity contribution in [2.24, 2.45) is 0 Å². The number of aromatic amines is 1. The minimum Gasteiger partial charge on any atom is -0.494 e. The number of nitrogens with one attached hydrogen (secondary N) is 1.